The smallest absolute Gasteiger partial charge is 0.249 e. The van der Waals surface area contributed by atoms with Gasteiger partial charge in [0.25, 0.3) is 0 Å². The Morgan fingerprint density at radius 1 is 1.00 bits per heavy atom. The quantitative estimate of drug-likeness (QED) is 0.330. The third kappa shape index (κ3) is 4.71. The van der Waals surface area contributed by atoms with E-state index in [1.54, 1.807) is 30.3 Å². The van der Waals surface area contributed by atoms with Crippen LogP contribution in [0.5, 0.6) is 5.75 Å². The molecule has 0 aliphatic rings. The highest BCUT2D eigenvalue weighted by molar-refractivity contribution is 9.10. The zero-order valence-electron chi connectivity index (χ0n) is 14.1. The summed E-state index contributed by atoms with van der Waals surface area (Å²) in [5.41, 5.74) is 3.38. The van der Waals surface area contributed by atoms with Crippen LogP contribution in [0.4, 0.5) is 5.69 Å². The lowest BCUT2D eigenvalue weighted by Gasteiger charge is -2.06. The zero-order valence-corrected chi connectivity index (χ0v) is 15.7. The van der Waals surface area contributed by atoms with Gasteiger partial charge in [-0.05, 0) is 44.9 Å². The van der Waals surface area contributed by atoms with E-state index in [4.69, 9.17) is 0 Å². The predicted octanol–water partition coefficient (Wildman–Crippen LogP) is 3.79. The van der Waals surface area contributed by atoms with E-state index >= 15 is 0 Å². The van der Waals surface area contributed by atoms with Crippen LogP contribution in [0.2, 0.25) is 0 Å². The van der Waals surface area contributed by atoms with Crippen molar-refractivity contribution < 1.29 is 14.7 Å². The molecule has 0 saturated heterocycles. The Bertz CT molecular complexity index is 1030. The monoisotopic (exact) mass is 425 g/mol. The summed E-state index contributed by atoms with van der Waals surface area (Å²) in [6, 6.07) is 18.0. The lowest BCUT2D eigenvalue weighted by molar-refractivity contribution is -0.126. The van der Waals surface area contributed by atoms with Crippen LogP contribution in [0.3, 0.4) is 0 Å². The van der Waals surface area contributed by atoms with Gasteiger partial charge in [-0.25, -0.2) is 5.43 Å². The fourth-order valence-corrected chi connectivity index (χ4v) is 2.91. The van der Waals surface area contributed by atoms with Gasteiger partial charge in [-0.15, -0.1) is 0 Å². The van der Waals surface area contributed by atoms with Crippen molar-refractivity contribution in [3.8, 4) is 5.75 Å². The number of rotatable bonds is 5. The van der Waals surface area contributed by atoms with Crippen LogP contribution in [0.1, 0.15) is 12.0 Å². The highest BCUT2D eigenvalue weighted by Crippen LogP contribution is 2.25. The first-order valence-corrected chi connectivity index (χ1v) is 8.91. The number of halogens is 1. The molecule has 0 unspecified atom stereocenters. The third-order valence-corrected chi connectivity index (χ3v) is 4.49. The van der Waals surface area contributed by atoms with Crippen molar-refractivity contribution >= 4 is 50.4 Å². The van der Waals surface area contributed by atoms with Crippen molar-refractivity contribution in [1.82, 2.24) is 5.43 Å². The lowest BCUT2D eigenvalue weighted by atomic mass is 10.0. The Labute approximate surface area is 164 Å². The average Bonchev–Trinajstić information content (AvgIpc) is 2.65. The maximum atomic E-state index is 12.0. The molecule has 0 aromatic heterocycles. The number of benzene rings is 3. The lowest BCUT2D eigenvalue weighted by Crippen LogP contribution is -2.24. The van der Waals surface area contributed by atoms with Crippen molar-refractivity contribution in [2.45, 2.75) is 6.42 Å². The normalized spacial score (nSPS) is 10.9. The van der Waals surface area contributed by atoms with Gasteiger partial charge in [-0.3, -0.25) is 9.59 Å². The van der Waals surface area contributed by atoms with E-state index < -0.39 is 11.8 Å². The van der Waals surface area contributed by atoms with E-state index in [1.807, 2.05) is 30.3 Å². The second-order valence-electron chi connectivity index (χ2n) is 5.72. The van der Waals surface area contributed by atoms with Crippen molar-refractivity contribution in [3.05, 3.63) is 70.7 Å². The molecule has 0 aliphatic carbocycles. The highest BCUT2D eigenvalue weighted by atomic mass is 79.9. The molecule has 0 atom stereocenters. The van der Waals surface area contributed by atoms with Gasteiger partial charge in [0.15, 0.2) is 0 Å². The molecule has 136 valence electrons. The highest BCUT2D eigenvalue weighted by Gasteiger charge is 2.10. The number of fused-ring (bicyclic) bond motifs is 1. The number of hydrazone groups is 1. The van der Waals surface area contributed by atoms with Gasteiger partial charge in [0, 0.05) is 10.0 Å². The van der Waals surface area contributed by atoms with Gasteiger partial charge in [0.05, 0.1) is 11.9 Å². The summed E-state index contributed by atoms with van der Waals surface area (Å²) in [6.07, 6.45) is 0.988. The van der Waals surface area contributed by atoms with E-state index in [2.05, 4.69) is 31.8 Å². The van der Waals surface area contributed by atoms with Gasteiger partial charge in [0.2, 0.25) is 11.8 Å². The molecule has 3 aromatic carbocycles. The molecule has 7 heteroatoms. The molecule has 0 bridgehead atoms. The van der Waals surface area contributed by atoms with E-state index in [0.717, 1.165) is 15.2 Å². The molecule has 0 radical (unpaired) electrons. The molecule has 6 nitrogen and oxygen atoms in total. The zero-order chi connectivity index (χ0) is 19.2. The number of aromatic hydroxyl groups is 1. The summed E-state index contributed by atoms with van der Waals surface area (Å²) in [4.78, 5) is 23.9. The third-order valence-electron chi connectivity index (χ3n) is 3.80. The van der Waals surface area contributed by atoms with E-state index in [9.17, 15) is 14.7 Å². The van der Waals surface area contributed by atoms with Gasteiger partial charge in [0.1, 0.15) is 12.2 Å². The standard InChI is InChI=1S/C20H16BrN3O3/c21-16-7-3-4-8-17(16)23-19(26)11-20(27)24-22-12-15-14-6-2-1-5-13(14)9-10-18(15)25/h1-10,12,25H,11H2,(H,23,26)(H,24,27)/b22-12+. The number of hydrogen-bond donors (Lipinski definition) is 3. The number of nitrogens with zero attached hydrogens (tertiary/aromatic N) is 1. The van der Waals surface area contributed by atoms with E-state index in [-0.39, 0.29) is 12.2 Å². The summed E-state index contributed by atoms with van der Waals surface area (Å²) in [5.74, 6) is -0.962. The van der Waals surface area contributed by atoms with Crippen molar-refractivity contribution in [3.63, 3.8) is 0 Å². The van der Waals surface area contributed by atoms with Crippen LogP contribution in [0, 0.1) is 0 Å². The number of para-hydroxylation sites is 1. The Balaban J connectivity index is 1.62. The van der Waals surface area contributed by atoms with Gasteiger partial charge in [-0.1, -0.05) is 42.5 Å². The summed E-state index contributed by atoms with van der Waals surface area (Å²) in [7, 11) is 0. The molecule has 27 heavy (non-hydrogen) atoms. The molecule has 0 heterocycles. The van der Waals surface area contributed by atoms with Crippen LogP contribution in [0.15, 0.2) is 70.2 Å². The van der Waals surface area contributed by atoms with Gasteiger partial charge < -0.3 is 10.4 Å². The SMILES string of the molecule is O=C(CC(=O)Nc1ccccc1Br)N/N=C/c1c(O)ccc2ccccc12. The second kappa shape index (κ2) is 8.46. The second-order valence-corrected chi connectivity index (χ2v) is 6.57. The molecular weight excluding hydrogens is 410 g/mol. The minimum atomic E-state index is -0.560. The van der Waals surface area contributed by atoms with Crippen molar-refractivity contribution in [2.75, 3.05) is 5.32 Å². The van der Waals surface area contributed by atoms with Crippen molar-refractivity contribution in [1.29, 1.82) is 0 Å². The molecule has 3 rings (SSSR count). The topological polar surface area (TPSA) is 90.8 Å². The number of phenolic OH excluding ortho intramolecular Hbond substituents is 1. The average molecular weight is 426 g/mol. The first-order chi connectivity index (χ1) is 13.0. The van der Waals surface area contributed by atoms with Crippen molar-refractivity contribution in [2.24, 2.45) is 5.10 Å². The van der Waals surface area contributed by atoms with Crippen LogP contribution in [-0.2, 0) is 9.59 Å². The maximum Gasteiger partial charge on any atom is 0.249 e. The summed E-state index contributed by atoms with van der Waals surface area (Å²) < 4.78 is 0.725. The Kier molecular flexibility index (Phi) is 5.83. The molecule has 3 N–H and O–H groups in total. The number of anilines is 1. The first kappa shape index (κ1) is 18.6. The summed E-state index contributed by atoms with van der Waals surface area (Å²) in [6.45, 7) is 0. The summed E-state index contributed by atoms with van der Waals surface area (Å²) in [5, 5.41) is 18.3. The Morgan fingerprint density at radius 2 is 1.74 bits per heavy atom. The van der Waals surface area contributed by atoms with Crippen LogP contribution in [0.25, 0.3) is 10.8 Å². The number of carbonyl (C=O) groups is 2. The van der Waals surface area contributed by atoms with E-state index in [1.165, 1.54) is 6.21 Å². The predicted molar refractivity (Wildman–Crippen MR) is 109 cm³/mol. The fraction of sp³-hybridized carbons (Fsp3) is 0.0500. The number of phenols is 1. The molecule has 0 spiro atoms. The Hall–Kier alpha value is -3.19. The molecule has 0 saturated carbocycles. The minimum Gasteiger partial charge on any atom is -0.507 e. The van der Waals surface area contributed by atoms with Crippen LogP contribution >= 0.6 is 15.9 Å². The molecule has 2 amide bonds. The molecule has 0 aliphatic heterocycles. The Morgan fingerprint density at radius 3 is 2.56 bits per heavy atom. The molecular formula is C20H16BrN3O3. The molecule has 3 aromatic rings. The number of hydrogen-bond acceptors (Lipinski definition) is 4. The number of carbonyl (C=O) groups excluding carboxylic acids is 2. The molecule has 0 fully saturated rings. The van der Waals surface area contributed by atoms with Crippen LogP contribution < -0.4 is 10.7 Å². The van der Waals surface area contributed by atoms with Gasteiger partial charge >= 0.3 is 0 Å². The number of amides is 2. The fourth-order valence-electron chi connectivity index (χ4n) is 2.53. The van der Waals surface area contributed by atoms with E-state index in [0.29, 0.717) is 11.3 Å². The first-order valence-electron chi connectivity index (χ1n) is 8.11. The van der Waals surface area contributed by atoms with Gasteiger partial charge in [-0.2, -0.15) is 5.10 Å². The maximum absolute atomic E-state index is 12.0. The van der Waals surface area contributed by atoms with Crippen LogP contribution in [-0.4, -0.2) is 23.1 Å². The summed E-state index contributed by atoms with van der Waals surface area (Å²) >= 11 is 3.32. The minimum absolute atomic E-state index is 0.0540. The number of nitrogens with one attached hydrogen (secondary N) is 2. The largest absolute Gasteiger partial charge is 0.507 e.